The van der Waals surface area contributed by atoms with Gasteiger partial charge in [-0.15, -0.1) is 0 Å². The Hall–Kier alpha value is -9.41. The number of nitrogens with one attached hydrogen (secondary N) is 11. The molecular weight excluding hydrogens is 1080 g/mol. The van der Waals surface area contributed by atoms with Gasteiger partial charge in [-0.25, -0.2) is 4.98 Å². The van der Waals surface area contributed by atoms with E-state index in [-0.39, 0.29) is 81.9 Å². The predicted molar refractivity (Wildman–Crippen MR) is 294 cm³/mol. The van der Waals surface area contributed by atoms with Crippen molar-refractivity contribution in [2.24, 2.45) is 17.4 Å². The monoisotopic (exact) mass is 1150 g/mol. The van der Waals surface area contributed by atoms with Gasteiger partial charge in [0.2, 0.25) is 70.9 Å². The van der Waals surface area contributed by atoms with Crippen LogP contribution in [0.4, 0.5) is 0 Å². The lowest BCUT2D eigenvalue weighted by atomic mass is 10.0. The SMILES string of the molecule is CC(C)C[C@H](NC(=O)CNC(=O)[C@H](Cc1ccc(O)cc1)NC(=O)[C@H](CO)NC(=O)[C@H](Cc1c[nH]c2ccccc12)NC(=O)[C@H](Cc1c[nH]cn1)NC(=O)[C@@H]1CCC(=O)N1)C(=O)N[C@@H](CCC(N)=O)C(=O)N1CCC[C@H]1C(=O)NCC(N)=O. The minimum atomic E-state index is -1.77. The number of hydrogen-bond donors (Lipinski definition) is 15. The Morgan fingerprint density at radius 3 is 1.99 bits per heavy atom. The second-order valence-corrected chi connectivity index (χ2v) is 20.7. The highest BCUT2D eigenvalue weighted by molar-refractivity contribution is 5.99. The number of carbonyl (C=O) groups excluding carboxylic acids is 12. The molecular formula is C54H71N15O14. The van der Waals surface area contributed by atoms with E-state index in [2.05, 4.69) is 62.8 Å². The number of H-pyrrole nitrogens is 2. The number of primary amides is 2. The van der Waals surface area contributed by atoms with E-state index in [1.807, 2.05) is 0 Å². The summed E-state index contributed by atoms with van der Waals surface area (Å²) in [6.07, 6.45) is 4.29. The fourth-order valence-corrected chi connectivity index (χ4v) is 9.57. The Labute approximate surface area is 475 Å². The van der Waals surface area contributed by atoms with E-state index in [1.165, 1.54) is 41.7 Å². The third-order valence-electron chi connectivity index (χ3n) is 13.8. The lowest BCUT2D eigenvalue weighted by molar-refractivity contribution is -0.142. The number of fused-ring (bicyclic) bond motifs is 1. The fourth-order valence-electron chi connectivity index (χ4n) is 9.57. The Morgan fingerprint density at radius 1 is 0.699 bits per heavy atom. The molecule has 0 unspecified atom stereocenters. The van der Waals surface area contributed by atoms with Crippen LogP contribution in [0.2, 0.25) is 0 Å². The number of likely N-dealkylation sites (tertiary alicyclic amines) is 1. The maximum absolute atomic E-state index is 14.4. The van der Waals surface area contributed by atoms with Crippen LogP contribution in [-0.4, -0.2) is 176 Å². The van der Waals surface area contributed by atoms with Crippen molar-refractivity contribution in [1.29, 1.82) is 0 Å². The quantitative estimate of drug-likeness (QED) is 0.0236. The zero-order valence-corrected chi connectivity index (χ0v) is 45.8. The van der Waals surface area contributed by atoms with Crippen LogP contribution in [0.5, 0.6) is 5.75 Å². The number of phenols is 1. The smallest absolute Gasteiger partial charge is 0.245 e. The molecule has 2 aliphatic heterocycles. The number of amides is 12. The first-order valence-corrected chi connectivity index (χ1v) is 27.0. The molecule has 0 spiro atoms. The molecule has 8 atom stereocenters. The normalized spacial score (nSPS) is 16.9. The predicted octanol–water partition coefficient (Wildman–Crippen LogP) is -4.18. The van der Waals surface area contributed by atoms with Crippen molar-refractivity contribution < 1.29 is 67.7 Å². The fraction of sp³-hybridized carbons (Fsp3) is 0.463. The lowest BCUT2D eigenvalue weighted by Crippen LogP contribution is -2.60. The molecule has 4 heterocycles. The third-order valence-corrected chi connectivity index (χ3v) is 13.8. The van der Waals surface area contributed by atoms with Gasteiger partial charge in [0.05, 0.1) is 31.7 Å². The van der Waals surface area contributed by atoms with Crippen LogP contribution in [0, 0.1) is 5.92 Å². The van der Waals surface area contributed by atoms with Crippen LogP contribution < -0.4 is 59.3 Å². The van der Waals surface area contributed by atoms with Crippen LogP contribution in [0.15, 0.2) is 67.3 Å². The number of aromatic amines is 2. The van der Waals surface area contributed by atoms with Gasteiger partial charge in [0.1, 0.15) is 54.1 Å². The molecule has 0 radical (unpaired) electrons. The van der Waals surface area contributed by atoms with E-state index in [4.69, 9.17) is 11.5 Å². The molecule has 446 valence electrons. The van der Waals surface area contributed by atoms with Gasteiger partial charge in [0.15, 0.2) is 0 Å². The first kappa shape index (κ1) is 62.8. The third kappa shape index (κ3) is 18.6. The van der Waals surface area contributed by atoms with Gasteiger partial charge < -0.3 is 84.4 Å². The zero-order valence-electron chi connectivity index (χ0n) is 45.8. The van der Waals surface area contributed by atoms with Gasteiger partial charge >= 0.3 is 0 Å². The summed E-state index contributed by atoms with van der Waals surface area (Å²) in [4.78, 5) is 171. The summed E-state index contributed by atoms with van der Waals surface area (Å²) >= 11 is 0. The van der Waals surface area contributed by atoms with Crippen molar-refractivity contribution in [1.82, 2.24) is 67.7 Å². The molecule has 0 bridgehead atoms. The topological polar surface area (TPSA) is 453 Å². The highest BCUT2D eigenvalue weighted by Crippen LogP contribution is 2.22. The number of para-hydroxylation sites is 1. The van der Waals surface area contributed by atoms with Gasteiger partial charge in [0, 0.05) is 61.9 Å². The molecule has 6 rings (SSSR count). The van der Waals surface area contributed by atoms with E-state index in [9.17, 15) is 67.7 Å². The number of phenolic OH excluding ortho intramolecular Hbond substituents is 1. The Balaban J connectivity index is 1.16. The number of aromatic hydroxyl groups is 1. The Bertz CT molecular complexity index is 3000. The van der Waals surface area contributed by atoms with Crippen molar-refractivity contribution in [3.63, 3.8) is 0 Å². The summed E-state index contributed by atoms with van der Waals surface area (Å²) in [7, 11) is 0. The molecule has 2 aliphatic rings. The van der Waals surface area contributed by atoms with E-state index >= 15 is 0 Å². The van der Waals surface area contributed by atoms with Crippen molar-refractivity contribution in [3.8, 4) is 5.75 Å². The van der Waals surface area contributed by atoms with Gasteiger partial charge in [-0.3, -0.25) is 57.5 Å². The molecule has 4 aromatic rings. The summed E-state index contributed by atoms with van der Waals surface area (Å²) in [6, 6.07) is 2.00. The van der Waals surface area contributed by atoms with Gasteiger partial charge in [-0.2, -0.15) is 0 Å². The summed E-state index contributed by atoms with van der Waals surface area (Å²) in [5.41, 5.74) is 12.6. The average Bonchev–Trinajstić information content (AvgIpc) is 4.52. The highest BCUT2D eigenvalue weighted by atomic mass is 16.3. The molecule has 2 saturated heterocycles. The lowest BCUT2D eigenvalue weighted by Gasteiger charge is -2.30. The number of aliphatic hydroxyl groups excluding tert-OH is 1. The van der Waals surface area contributed by atoms with Crippen molar-refractivity contribution in [3.05, 3.63) is 84.1 Å². The molecule has 29 heteroatoms. The Kier molecular flexibility index (Phi) is 22.6. The Morgan fingerprint density at radius 2 is 1.35 bits per heavy atom. The summed E-state index contributed by atoms with van der Waals surface area (Å²) in [6.45, 7) is 1.36. The minimum Gasteiger partial charge on any atom is -0.508 e. The minimum absolute atomic E-state index is 0.0216. The van der Waals surface area contributed by atoms with Crippen LogP contribution in [0.25, 0.3) is 10.9 Å². The zero-order chi connectivity index (χ0) is 60.3. The van der Waals surface area contributed by atoms with Gasteiger partial charge in [0.25, 0.3) is 0 Å². The number of nitrogens with two attached hydrogens (primary N) is 2. The molecule has 83 heavy (non-hydrogen) atoms. The second-order valence-electron chi connectivity index (χ2n) is 20.7. The summed E-state index contributed by atoms with van der Waals surface area (Å²) < 4.78 is 0. The highest BCUT2D eigenvalue weighted by Gasteiger charge is 2.39. The first-order valence-electron chi connectivity index (χ1n) is 27.0. The number of aliphatic hydroxyl groups is 1. The van der Waals surface area contributed by atoms with Crippen LogP contribution in [-0.2, 0) is 76.8 Å². The number of nitrogens with zero attached hydrogens (tertiary/aromatic N) is 2. The van der Waals surface area contributed by atoms with Crippen LogP contribution >= 0.6 is 0 Å². The van der Waals surface area contributed by atoms with Crippen LogP contribution in [0.1, 0.15) is 75.6 Å². The van der Waals surface area contributed by atoms with Gasteiger partial charge in [-0.1, -0.05) is 44.2 Å². The first-order chi connectivity index (χ1) is 39.6. The molecule has 17 N–H and O–H groups in total. The number of rotatable bonds is 30. The average molecular weight is 1150 g/mol. The van der Waals surface area contributed by atoms with Crippen molar-refractivity contribution >= 4 is 81.8 Å². The van der Waals surface area contributed by atoms with E-state index in [0.29, 0.717) is 34.1 Å². The largest absolute Gasteiger partial charge is 0.508 e. The van der Waals surface area contributed by atoms with Crippen molar-refractivity contribution in [2.45, 2.75) is 126 Å². The maximum atomic E-state index is 14.4. The number of carbonyl (C=O) groups is 12. The molecule has 0 aliphatic carbocycles. The standard InChI is InChI=1S/C54H71N15O14/c1-28(2)18-37(49(78)64-36(13-15-43(55)72)54(83)69-17-5-8-42(69)53(82)59-24-44(56)73)63-46(75)25-60-47(76)38(19-29-9-11-32(71)12-10-29)65-52(81)41(26-70)68-50(79)39(20-30-22-58-34-7-4-3-6-33(30)34)66-51(80)40(21-31-23-57-27-61-31)67-48(77)35-14-16-45(74)62-35/h3-4,6-7,9-12,22-23,27-28,35-42,58,70-71H,5,8,13-21,24-26H2,1-2H3,(H2,55,72)(H2,56,73)(H,57,61)(H,59,82)(H,60,76)(H,62,74)(H,63,75)(H,64,78)(H,65,81)(H,66,80)(H,67,77)(H,68,79)/t35-,36-,37-,38-,39-,40-,41-,42-/m0/s1. The molecule has 29 nitrogen and oxygen atoms in total. The molecule has 2 aromatic carbocycles. The number of imidazole rings is 1. The van der Waals surface area contributed by atoms with E-state index in [1.54, 1.807) is 44.3 Å². The van der Waals surface area contributed by atoms with E-state index in [0.717, 1.165) is 0 Å². The molecule has 12 amide bonds. The number of hydrogen-bond acceptors (Lipinski definition) is 15. The summed E-state index contributed by atoms with van der Waals surface area (Å²) in [5, 5.41) is 44.1. The second kappa shape index (κ2) is 29.9. The van der Waals surface area contributed by atoms with E-state index < -0.39 is 133 Å². The summed E-state index contributed by atoms with van der Waals surface area (Å²) in [5.74, 6) is -9.83. The van der Waals surface area contributed by atoms with Crippen LogP contribution in [0.3, 0.4) is 0 Å². The molecule has 2 fully saturated rings. The maximum Gasteiger partial charge on any atom is 0.245 e. The number of aromatic nitrogens is 3. The van der Waals surface area contributed by atoms with Crippen molar-refractivity contribution in [2.75, 3.05) is 26.2 Å². The molecule has 0 saturated carbocycles. The molecule has 2 aromatic heterocycles. The van der Waals surface area contributed by atoms with Gasteiger partial charge in [-0.05, 0) is 67.3 Å². The number of benzene rings is 2.